The van der Waals surface area contributed by atoms with E-state index >= 15 is 0 Å². The van der Waals surface area contributed by atoms with Gasteiger partial charge in [0.25, 0.3) is 0 Å². The zero-order chi connectivity index (χ0) is 14.0. The van der Waals surface area contributed by atoms with Crippen LogP contribution >= 0.6 is 11.8 Å². The van der Waals surface area contributed by atoms with Crippen molar-refractivity contribution < 1.29 is 5.11 Å². The van der Waals surface area contributed by atoms with Crippen molar-refractivity contribution in [1.82, 2.24) is 5.32 Å². The summed E-state index contributed by atoms with van der Waals surface area (Å²) in [7, 11) is 0. The lowest BCUT2D eigenvalue weighted by Crippen LogP contribution is -2.27. The van der Waals surface area contributed by atoms with Crippen LogP contribution in [0.25, 0.3) is 0 Å². The monoisotopic (exact) mass is 287 g/mol. The highest BCUT2D eigenvalue weighted by molar-refractivity contribution is 7.99. The molecule has 0 fully saturated rings. The van der Waals surface area contributed by atoms with E-state index in [2.05, 4.69) is 41.7 Å². The third kappa shape index (κ3) is 5.37. The van der Waals surface area contributed by atoms with Crippen molar-refractivity contribution in [2.75, 3.05) is 13.2 Å². The van der Waals surface area contributed by atoms with Crippen LogP contribution in [0, 0.1) is 0 Å². The van der Waals surface area contributed by atoms with E-state index in [9.17, 15) is 5.11 Å². The first-order chi connectivity index (χ1) is 9.88. The number of hydrogen-bond donors (Lipinski definition) is 2. The van der Waals surface area contributed by atoms with Crippen LogP contribution in [0.3, 0.4) is 0 Å². The lowest BCUT2D eigenvalue weighted by molar-refractivity contribution is 0.291. The highest BCUT2D eigenvalue weighted by Crippen LogP contribution is 2.17. The first kappa shape index (κ1) is 15.1. The summed E-state index contributed by atoms with van der Waals surface area (Å²) in [5.74, 6) is 0.944. The van der Waals surface area contributed by atoms with Gasteiger partial charge in [-0.25, -0.2) is 0 Å². The van der Waals surface area contributed by atoms with Gasteiger partial charge in [0.2, 0.25) is 0 Å². The van der Waals surface area contributed by atoms with Crippen molar-refractivity contribution >= 4 is 11.8 Å². The Morgan fingerprint density at radius 2 is 1.50 bits per heavy atom. The van der Waals surface area contributed by atoms with Gasteiger partial charge >= 0.3 is 0 Å². The number of thioether (sulfide) groups is 1. The number of hydrogen-bond acceptors (Lipinski definition) is 3. The van der Waals surface area contributed by atoms with Crippen molar-refractivity contribution in [2.24, 2.45) is 0 Å². The maximum Gasteiger partial charge on any atom is 0.0562 e. The Morgan fingerprint density at radius 3 is 2.10 bits per heavy atom. The zero-order valence-corrected chi connectivity index (χ0v) is 12.4. The lowest BCUT2D eigenvalue weighted by atomic mass is 10.2. The highest BCUT2D eigenvalue weighted by atomic mass is 32.2. The Bertz CT molecular complexity index is 475. The quantitative estimate of drug-likeness (QED) is 0.782. The molecule has 2 N–H and O–H groups in total. The predicted octanol–water partition coefficient (Wildman–Crippen LogP) is 3.07. The second-order valence-corrected chi connectivity index (χ2v) is 6.01. The van der Waals surface area contributed by atoms with Crippen LogP contribution < -0.4 is 5.32 Å². The van der Waals surface area contributed by atoms with Crippen LogP contribution in [0.2, 0.25) is 0 Å². The second-order valence-electron chi connectivity index (χ2n) is 4.72. The van der Waals surface area contributed by atoms with Gasteiger partial charge in [-0.2, -0.15) is 11.8 Å². The molecule has 0 saturated carbocycles. The molecule has 1 unspecified atom stereocenters. The predicted molar refractivity (Wildman–Crippen MR) is 86.8 cm³/mol. The van der Waals surface area contributed by atoms with E-state index in [1.165, 1.54) is 11.1 Å². The number of aliphatic hydroxyl groups excluding tert-OH is 1. The molecule has 0 amide bonds. The van der Waals surface area contributed by atoms with E-state index in [1.54, 1.807) is 11.8 Å². The molecule has 3 heteroatoms. The van der Waals surface area contributed by atoms with E-state index in [1.807, 2.05) is 24.3 Å². The van der Waals surface area contributed by atoms with Gasteiger partial charge in [0.05, 0.1) is 6.61 Å². The molecule has 0 aliphatic heterocycles. The lowest BCUT2D eigenvalue weighted by Gasteiger charge is -2.15. The number of rotatable bonds is 8. The Labute approximate surface area is 125 Å². The number of nitrogens with one attached hydrogen (secondary N) is 1. The van der Waals surface area contributed by atoms with Crippen molar-refractivity contribution in [3.63, 3.8) is 0 Å². The van der Waals surface area contributed by atoms with Crippen LogP contribution in [0.1, 0.15) is 11.1 Å². The van der Waals surface area contributed by atoms with Crippen LogP contribution in [0.15, 0.2) is 60.7 Å². The summed E-state index contributed by atoms with van der Waals surface area (Å²) >= 11 is 1.80. The molecular formula is C17H21NOS. The Kier molecular flexibility index (Phi) is 6.64. The van der Waals surface area contributed by atoms with Crippen molar-refractivity contribution in [3.05, 3.63) is 71.8 Å². The number of aliphatic hydroxyl groups is 1. The zero-order valence-electron chi connectivity index (χ0n) is 11.5. The van der Waals surface area contributed by atoms with Gasteiger partial charge < -0.3 is 10.4 Å². The summed E-state index contributed by atoms with van der Waals surface area (Å²) in [4.78, 5) is 0. The summed E-state index contributed by atoms with van der Waals surface area (Å²) in [6.45, 7) is 1.88. The van der Waals surface area contributed by atoms with Crippen LogP contribution in [0.4, 0.5) is 0 Å². The third-order valence-electron chi connectivity index (χ3n) is 3.08. The largest absolute Gasteiger partial charge is 0.395 e. The van der Waals surface area contributed by atoms with Gasteiger partial charge in [0.1, 0.15) is 0 Å². The summed E-state index contributed by atoms with van der Waals surface area (Å²) in [6.07, 6.45) is 0. The molecule has 0 heterocycles. The number of benzene rings is 2. The van der Waals surface area contributed by atoms with Crippen LogP contribution in [-0.4, -0.2) is 23.5 Å². The van der Waals surface area contributed by atoms with E-state index < -0.39 is 0 Å². The van der Waals surface area contributed by atoms with Crippen molar-refractivity contribution in [3.8, 4) is 0 Å². The first-order valence-electron chi connectivity index (χ1n) is 6.89. The van der Waals surface area contributed by atoms with Crippen molar-refractivity contribution in [2.45, 2.75) is 17.5 Å². The smallest absolute Gasteiger partial charge is 0.0562 e. The summed E-state index contributed by atoms with van der Waals surface area (Å²) < 4.78 is 0. The van der Waals surface area contributed by atoms with Gasteiger partial charge in [0.15, 0.2) is 0 Å². The molecule has 0 aliphatic carbocycles. The maximum atomic E-state index is 9.44. The van der Waals surface area contributed by atoms with Gasteiger partial charge in [-0.05, 0) is 11.1 Å². The van der Waals surface area contributed by atoms with Crippen molar-refractivity contribution in [1.29, 1.82) is 0 Å². The molecule has 0 saturated heterocycles. The molecular weight excluding hydrogens is 266 g/mol. The minimum Gasteiger partial charge on any atom is -0.395 e. The van der Waals surface area contributed by atoms with Gasteiger partial charge in [0, 0.05) is 24.1 Å². The molecule has 1 atom stereocenters. The average molecular weight is 287 g/mol. The highest BCUT2D eigenvalue weighted by Gasteiger charge is 2.07. The second kappa shape index (κ2) is 8.80. The average Bonchev–Trinajstić information content (AvgIpc) is 2.52. The fourth-order valence-electron chi connectivity index (χ4n) is 1.94. The Morgan fingerprint density at radius 1 is 0.900 bits per heavy atom. The topological polar surface area (TPSA) is 32.3 Å². The Balaban J connectivity index is 1.70. The molecule has 0 aromatic heterocycles. The molecule has 2 rings (SSSR count). The Hall–Kier alpha value is -1.29. The van der Waals surface area contributed by atoms with Crippen LogP contribution in [0.5, 0.6) is 0 Å². The fraction of sp³-hybridized carbons (Fsp3) is 0.294. The van der Waals surface area contributed by atoms with Crippen LogP contribution in [-0.2, 0) is 12.3 Å². The molecule has 0 aliphatic rings. The summed E-state index contributed by atoms with van der Waals surface area (Å²) in [5.41, 5.74) is 2.58. The van der Waals surface area contributed by atoms with E-state index in [-0.39, 0.29) is 11.9 Å². The normalized spacial score (nSPS) is 12.2. The molecule has 2 aromatic carbocycles. The van der Waals surface area contributed by atoms with E-state index in [0.29, 0.717) is 0 Å². The summed E-state index contributed by atoms with van der Waals surface area (Å²) in [5, 5.41) is 13.1. The molecule has 0 bridgehead atoms. The molecule has 0 radical (unpaired) electrons. The SMILES string of the molecule is OCC(CNCc1ccccc1)SCc1ccccc1. The van der Waals surface area contributed by atoms with E-state index in [0.717, 1.165) is 18.8 Å². The fourth-order valence-corrected chi connectivity index (χ4v) is 2.90. The van der Waals surface area contributed by atoms with Gasteiger partial charge in [-0.15, -0.1) is 0 Å². The first-order valence-corrected chi connectivity index (χ1v) is 7.94. The minimum absolute atomic E-state index is 0.208. The summed E-state index contributed by atoms with van der Waals surface area (Å²) in [6, 6.07) is 20.7. The van der Waals surface area contributed by atoms with E-state index in [4.69, 9.17) is 0 Å². The van der Waals surface area contributed by atoms with Gasteiger partial charge in [-0.3, -0.25) is 0 Å². The standard InChI is InChI=1S/C17H21NOS/c19-13-17(20-14-16-9-5-2-6-10-16)12-18-11-15-7-3-1-4-8-15/h1-10,17-19H,11-14H2. The molecule has 20 heavy (non-hydrogen) atoms. The molecule has 2 aromatic rings. The van der Waals surface area contributed by atoms with Gasteiger partial charge in [-0.1, -0.05) is 60.7 Å². The minimum atomic E-state index is 0.208. The maximum absolute atomic E-state index is 9.44. The molecule has 106 valence electrons. The molecule has 2 nitrogen and oxygen atoms in total. The third-order valence-corrected chi connectivity index (χ3v) is 4.36. The molecule has 0 spiro atoms.